The second kappa shape index (κ2) is 9.00. The lowest BCUT2D eigenvalue weighted by atomic mass is 10.3. The van der Waals surface area contributed by atoms with E-state index in [4.69, 9.17) is 4.74 Å². The van der Waals surface area contributed by atoms with E-state index in [0.717, 1.165) is 5.75 Å². The number of nitrogens with zero attached hydrogens (tertiary/aromatic N) is 1. The van der Waals surface area contributed by atoms with E-state index in [-0.39, 0.29) is 11.9 Å². The van der Waals surface area contributed by atoms with Crippen molar-refractivity contribution in [2.45, 2.75) is 13.0 Å². The molecule has 4 nitrogen and oxygen atoms in total. The first-order valence-corrected chi connectivity index (χ1v) is 6.47. The molecule has 0 spiro atoms. The van der Waals surface area contributed by atoms with Crippen molar-refractivity contribution in [3.8, 4) is 0 Å². The second-order valence-corrected chi connectivity index (χ2v) is 4.39. The fraction of sp³-hybridized carbons (Fsp3) is 0.900. The molecule has 0 heterocycles. The Morgan fingerprint density at radius 2 is 2.27 bits per heavy atom. The van der Waals surface area contributed by atoms with Crippen LogP contribution in [-0.4, -0.2) is 62.7 Å². The maximum absolute atomic E-state index is 11.6. The molecule has 5 heteroatoms. The zero-order valence-corrected chi connectivity index (χ0v) is 10.9. The number of likely N-dealkylation sites (N-methyl/N-ethyl adjacent to an activating group) is 1. The SMILES string of the molecule is COCCNCC(=O)N(C)C(C)CSC. The van der Waals surface area contributed by atoms with Crippen LogP contribution >= 0.6 is 11.8 Å². The van der Waals surface area contributed by atoms with E-state index in [9.17, 15) is 4.79 Å². The highest BCUT2D eigenvalue weighted by atomic mass is 32.2. The molecule has 0 aliphatic carbocycles. The molecule has 1 N–H and O–H groups in total. The Morgan fingerprint density at radius 1 is 1.60 bits per heavy atom. The van der Waals surface area contributed by atoms with Crippen LogP contribution in [0, 0.1) is 0 Å². The van der Waals surface area contributed by atoms with Gasteiger partial charge in [0.15, 0.2) is 0 Å². The van der Waals surface area contributed by atoms with Gasteiger partial charge in [-0.15, -0.1) is 0 Å². The van der Waals surface area contributed by atoms with Crippen molar-refractivity contribution < 1.29 is 9.53 Å². The summed E-state index contributed by atoms with van der Waals surface area (Å²) in [5, 5.41) is 3.04. The second-order valence-electron chi connectivity index (χ2n) is 3.48. The number of ether oxygens (including phenoxy) is 1. The van der Waals surface area contributed by atoms with Crippen LogP contribution in [0.5, 0.6) is 0 Å². The molecule has 0 fully saturated rings. The van der Waals surface area contributed by atoms with Gasteiger partial charge >= 0.3 is 0 Å². The van der Waals surface area contributed by atoms with Gasteiger partial charge in [-0.25, -0.2) is 0 Å². The van der Waals surface area contributed by atoms with Gasteiger partial charge in [-0.1, -0.05) is 0 Å². The van der Waals surface area contributed by atoms with Gasteiger partial charge in [0.05, 0.1) is 13.2 Å². The molecule has 0 aliphatic heterocycles. The lowest BCUT2D eigenvalue weighted by Crippen LogP contribution is -2.42. The van der Waals surface area contributed by atoms with Crippen molar-refractivity contribution in [1.82, 2.24) is 10.2 Å². The first-order chi connectivity index (χ1) is 7.13. The van der Waals surface area contributed by atoms with Gasteiger partial charge in [0.1, 0.15) is 0 Å². The Balaban J connectivity index is 3.68. The molecule has 1 unspecified atom stereocenters. The number of carbonyl (C=O) groups excluding carboxylic acids is 1. The minimum absolute atomic E-state index is 0.132. The third-order valence-corrected chi connectivity index (χ3v) is 3.04. The van der Waals surface area contributed by atoms with Crippen molar-refractivity contribution in [1.29, 1.82) is 0 Å². The predicted octanol–water partition coefficient (Wildman–Crippen LogP) is 0.432. The number of amides is 1. The summed E-state index contributed by atoms with van der Waals surface area (Å²) >= 11 is 1.75. The summed E-state index contributed by atoms with van der Waals surface area (Å²) in [6.07, 6.45) is 2.05. The van der Waals surface area contributed by atoms with Gasteiger partial charge < -0.3 is 15.0 Å². The molecule has 0 rings (SSSR count). The fourth-order valence-electron chi connectivity index (χ4n) is 1.09. The van der Waals surface area contributed by atoms with E-state index in [2.05, 4.69) is 12.2 Å². The molecule has 0 aromatic carbocycles. The van der Waals surface area contributed by atoms with Crippen LogP contribution in [0.1, 0.15) is 6.92 Å². The zero-order chi connectivity index (χ0) is 11.7. The summed E-state index contributed by atoms with van der Waals surface area (Å²) in [7, 11) is 3.50. The smallest absolute Gasteiger partial charge is 0.236 e. The van der Waals surface area contributed by atoms with E-state index in [1.54, 1.807) is 23.8 Å². The van der Waals surface area contributed by atoms with Crippen molar-refractivity contribution >= 4 is 17.7 Å². The van der Waals surface area contributed by atoms with E-state index in [1.165, 1.54) is 0 Å². The molecule has 1 amide bonds. The van der Waals surface area contributed by atoms with Crippen LogP contribution in [0.15, 0.2) is 0 Å². The first kappa shape index (κ1) is 14.7. The summed E-state index contributed by atoms with van der Waals surface area (Å²) < 4.78 is 4.88. The molecule has 90 valence electrons. The van der Waals surface area contributed by atoms with Crippen LogP contribution in [0.2, 0.25) is 0 Å². The molecular weight excluding hydrogens is 212 g/mol. The highest BCUT2D eigenvalue weighted by Crippen LogP contribution is 2.03. The average Bonchev–Trinajstić information content (AvgIpc) is 2.23. The minimum atomic E-state index is 0.132. The number of nitrogens with one attached hydrogen (secondary N) is 1. The molecule has 0 saturated carbocycles. The quantitative estimate of drug-likeness (QED) is 0.619. The monoisotopic (exact) mass is 234 g/mol. The maximum atomic E-state index is 11.6. The number of hydrogen-bond acceptors (Lipinski definition) is 4. The molecule has 0 aromatic heterocycles. The highest BCUT2D eigenvalue weighted by molar-refractivity contribution is 7.98. The van der Waals surface area contributed by atoms with E-state index < -0.39 is 0 Å². The highest BCUT2D eigenvalue weighted by Gasteiger charge is 2.14. The van der Waals surface area contributed by atoms with Crippen LogP contribution in [0.4, 0.5) is 0 Å². The third kappa shape index (κ3) is 6.76. The Hall–Kier alpha value is -0.260. The van der Waals surface area contributed by atoms with Crippen molar-refractivity contribution in [2.24, 2.45) is 0 Å². The van der Waals surface area contributed by atoms with Crippen LogP contribution in [0.25, 0.3) is 0 Å². The summed E-state index contributed by atoms with van der Waals surface area (Å²) in [5.74, 6) is 1.10. The minimum Gasteiger partial charge on any atom is -0.383 e. The summed E-state index contributed by atoms with van der Waals surface area (Å²) in [6, 6.07) is 0.289. The van der Waals surface area contributed by atoms with Crippen molar-refractivity contribution in [3.63, 3.8) is 0 Å². The number of hydrogen-bond donors (Lipinski definition) is 1. The van der Waals surface area contributed by atoms with Gasteiger partial charge in [0.25, 0.3) is 0 Å². The lowest BCUT2D eigenvalue weighted by Gasteiger charge is -2.24. The topological polar surface area (TPSA) is 41.6 Å². The number of rotatable bonds is 8. The van der Waals surface area contributed by atoms with Crippen LogP contribution in [-0.2, 0) is 9.53 Å². The van der Waals surface area contributed by atoms with Crippen molar-refractivity contribution in [2.75, 3.05) is 45.9 Å². The number of carbonyl (C=O) groups is 1. The molecule has 0 saturated heterocycles. The molecular formula is C10H22N2O2S. The Morgan fingerprint density at radius 3 is 2.80 bits per heavy atom. The van der Waals surface area contributed by atoms with Crippen LogP contribution in [0.3, 0.4) is 0 Å². The van der Waals surface area contributed by atoms with Gasteiger partial charge in [0, 0.05) is 32.5 Å². The largest absolute Gasteiger partial charge is 0.383 e. The van der Waals surface area contributed by atoms with Crippen LogP contribution < -0.4 is 5.32 Å². The summed E-state index contributed by atoms with van der Waals surface area (Å²) in [4.78, 5) is 13.4. The zero-order valence-electron chi connectivity index (χ0n) is 10.1. The maximum Gasteiger partial charge on any atom is 0.236 e. The average molecular weight is 234 g/mol. The van der Waals surface area contributed by atoms with E-state index in [1.807, 2.05) is 13.3 Å². The van der Waals surface area contributed by atoms with Gasteiger partial charge in [-0.3, -0.25) is 4.79 Å². The normalized spacial score (nSPS) is 12.5. The summed E-state index contributed by atoms with van der Waals surface area (Å²) in [5.41, 5.74) is 0. The molecule has 0 aliphatic rings. The van der Waals surface area contributed by atoms with Gasteiger partial charge in [-0.05, 0) is 13.2 Å². The van der Waals surface area contributed by atoms with Gasteiger partial charge in [0.2, 0.25) is 5.91 Å². The third-order valence-electron chi connectivity index (χ3n) is 2.22. The molecule has 0 radical (unpaired) electrons. The van der Waals surface area contributed by atoms with E-state index in [0.29, 0.717) is 19.7 Å². The Labute approximate surface area is 96.7 Å². The fourth-order valence-corrected chi connectivity index (χ4v) is 1.80. The molecule has 1 atom stereocenters. The van der Waals surface area contributed by atoms with E-state index >= 15 is 0 Å². The Bertz CT molecular complexity index is 179. The molecule has 15 heavy (non-hydrogen) atoms. The summed E-state index contributed by atoms with van der Waals surface area (Å²) in [6.45, 7) is 3.80. The lowest BCUT2D eigenvalue weighted by molar-refractivity contribution is -0.130. The molecule has 0 aromatic rings. The number of methoxy groups -OCH3 is 1. The standard InChI is InChI=1S/C10H22N2O2S/c1-9(8-15-4)12(2)10(13)7-11-5-6-14-3/h9,11H,5-8H2,1-4H3. The van der Waals surface area contributed by atoms with Crippen molar-refractivity contribution in [3.05, 3.63) is 0 Å². The number of thioether (sulfide) groups is 1. The molecule has 0 bridgehead atoms. The van der Waals surface area contributed by atoms with Gasteiger partial charge in [-0.2, -0.15) is 11.8 Å². The first-order valence-electron chi connectivity index (χ1n) is 5.07. The predicted molar refractivity (Wildman–Crippen MR) is 65.4 cm³/mol. The Kier molecular flexibility index (Phi) is 8.85.